The van der Waals surface area contributed by atoms with E-state index in [1.807, 2.05) is 0 Å². The molecule has 2 nitrogen and oxygen atoms in total. The van der Waals surface area contributed by atoms with Gasteiger partial charge in [-0.25, -0.2) is 0 Å². The Labute approximate surface area is 117 Å². The molecular formula is C17H26N2. The van der Waals surface area contributed by atoms with Gasteiger partial charge in [-0.1, -0.05) is 30.3 Å². The van der Waals surface area contributed by atoms with Gasteiger partial charge in [-0.2, -0.15) is 0 Å². The lowest BCUT2D eigenvalue weighted by molar-refractivity contribution is 0.121. The van der Waals surface area contributed by atoms with Gasteiger partial charge in [0, 0.05) is 12.6 Å². The zero-order chi connectivity index (χ0) is 13.1. The Morgan fingerprint density at radius 2 is 1.68 bits per heavy atom. The van der Waals surface area contributed by atoms with Gasteiger partial charge in [-0.3, -0.25) is 0 Å². The maximum Gasteiger partial charge on any atom is 0.00450 e. The lowest BCUT2D eigenvalue weighted by atomic mass is 9.80. The van der Waals surface area contributed by atoms with Gasteiger partial charge in [0.2, 0.25) is 0 Å². The summed E-state index contributed by atoms with van der Waals surface area (Å²) >= 11 is 0. The maximum absolute atomic E-state index is 5.86. The standard InChI is InChI=1S/C17H26N2/c18-17-11-16(12-17)13-19-8-6-15(7-9-19)10-14-4-2-1-3-5-14/h1-5,15-17H,6-13,18H2. The van der Waals surface area contributed by atoms with Crippen molar-refractivity contribution in [1.29, 1.82) is 0 Å². The van der Waals surface area contributed by atoms with Crippen LogP contribution in [0.1, 0.15) is 31.2 Å². The van der Waals surface area contributed by atoms with E-state index in [9.17, 15) is 0 Å². The molecule has 0 radical (unpaired) electrons. The molecule has 104 valence electrons. The minimum Gasteiger partial charge on any atom is -0.328 e. The summed E-state index contributed by atoms with van der Waals surface area (Å²) < 4.78 is 0. The van der Waals surface area contributed by atoms with Crippen molar-refractivity contribution in [3.05, 3.63) is 35.9 Å². The second-order valence-corrected chi connectivity index (χ2v) is 6.53. The highest BCUT2D eigenvalue weighted by molar-refractivity contribution is 5.15. The summed E-state index contributed by atoms with van der Waals surface area (Å²) in [5, 5.41) is 0. The van der Waals surface area contributed by atoms with Gasteiger partial charge in [0.25, 0.3) is 0 Å². The fourth-order valence-corrected chi connectivity index (χ4v) is 3.62. The van der Waals surface area contributed by atoms with Gasteiger partial charge in [-0.15, -0.1) is 0 Å². The van der Waals surface area contributed by atoms with E-state index in [2.05, 4.69) is 35.2 Å². The fourth-order valence-electron chi connectivity index (χ4n) is 3.62. The second-order valence-electron chi connectivity index (χ2n) is 6.53. The molecule has 1 aromatic rings. The normalized spacial score (nSPS) is 29.1. The Bertz CT molecular complexity index is 376. The van der Waals surface area contributed by atoms with Crippen LogP contribution in [0, 0.1) is 11.8 Å². The van der Waals surface area contributed by atoms with E-state index < -0.39 is 0 Å². The van der Waals surface area contributed by atoms with E-state index in [0.29, 0.717) is 6.04 Å². The van der Waals surface area contributed by atoms with E-state index in [0.717, 1.165) is 11.8 Å². The van der Waals surface area contributed by atoms with Crippen molar-refractivity contribution in [2.75, 3.05) is 19.6 Å². The van der Waals surface area contributed by atoms with Crippen molar-refractivity contribution in [1.82, 2.24) is 4.90 Å². The minimum absolute atomic E-state index is 0.501. The first-order valence-corrected chi connectivity index (χ1v) is 7.81. The Hall–Kier alpha value is -0.860. The van der Waals surface area contributed by atoms with Crippen LogP contribution < -0.4 is 5.73 Å². The molecule has 1 aromatic carbocycles. The topological polar surface area (TPSA) is 29.3 Å². The van der Waals surface area contributed by atoms with Crippen molar-refractivity contribution < 1.29 is 0 Å². The largest absolute Gasteiger partial charge is 0.328 e. The molecule has 1 aliphatic carbocycles. The van der Waals surface area contributed by atoms with Crippen molar-refractivity contribution in [2.24, 2.45) is 17.6 Å². The van der Waals surface area contributed by atoms with Crippen LogP contribution >= 0.6 is 0 Å². The Kier molecular flexibility index (Phi) is 4.19. The molecule has 1 heterocycles. The quantitative estimate of drug-likeness (QED) is 0.899. The first-order valence-electron chi connectivity index (χ1n) is 7.81. The van der Waals surface area contributed by atoms with E-state index in [1.165, 1.54) is 57.3 Å². The number of hydrogen-bond donors (Lipinski definition) is 1. The second kappa shape index (κ2) is 6.06. The molecule has 2 fully saturated rings. The van der Waals surface area contributed by atoms with Gasteiger partial charge < -0.3 is 10.6 Å². The zero-order valence-electron chi connectivity index (χ0n) is 11.8. The number of piperidine rings is 1. The highest BCUT2D eigenvalue weighted by atomic mass is 15.1. The van der Waals surface area contributed by atoms with Gasteiger partial charge in [0.05, 0.1) is 0 Å². The summed E-state index contributed by atoms with van der Waals surface area (Å²) in [5.74, 6) is 1.78. The number of benzene rings is 1. The molecule has 2 aliphatic rings. The van der Waals surface area contributed by atoms with E-state index in [1.54, 1.807) is 0 Å². The van der Waals surface area contributed by atoms with Crippen LogP contribution in [0.3, 0.4) is 0 Å². The first kappa shape index (κ1) is 13.1. The summed E-state index contributed by atoms with van der Waals surface area (Å²) in [4.78, 5) is 2.66. The molecule has 0 spiro atoms. The molecular weight excluding hydrogens is 232 g/mol. The van der Waals surface area contributed by atoms with Gasteiger partial charge in [0.1, 0.15) is 0 Å². The summed E-state index contributed by atoms with van der Waals surface area (Å²) in [6.07, 6.45) is 6.51. The van der Waals surface area contributed by atoms with E-state index >= 15 is 0 Å². The van der Waals surface area contributed by atoms with Crippen molar-refractivity contribution >= 4 is 0 Å². The molecule has 0 unspecified atom stereocenters. The third kappa shape index (κ3) is 3.58. The molecule has 2 N–H and O–H groups in total. The molecule has 0 aromatic heterocycles. The molecule has 0 amide bonds. The highest BCUT2D eigenvalue weighted by Crippen LogP contribution is 2.28. The highest BCUT2D eigenvalue weighted by Gasteiger charge is 2.29. The third-order valence-electron chi connectivity index (χ3n) is 4.86. The summed E-state index contributed by atoms with van der Waals surface area (Å²) in [6.45, 7) is 3.89. The Balaban J connectivity index is 1.40. The molecule has 1 saturated heterocycles. The average molecular weight is 258 g/mol. The van der Waals surface area contributed by atoms with E-state index in [4.69, 9.17) is 5.73 Å². The third-order valence-corrected chi connectivity index (χ3v) is 4.86. The van der Waals surface area contributed by atoms with E-state index in [-0.39, 0.29) is 0 Å². The minimum atomic E-state index is 0.501. The lowest BCUT2D eigenvalue weighted by Crippen LogP contribution is -2.45. The number of rotatable bonds is 4. The lowest BCUT2D eigenvalue weighted by Gasteiger charge is -2.39. The first-order chi connectivity index (χ1) is 9.29. The predicted molar refractivity (Wildman–Crippen MR) is 80.0 cm³/mol. The average Bonchev–Trinajstić information content (AvgIpc) is 2.40. The van der Waals surface area contributed by atoms with Crippen LogP contribution in [-0.4, -0.2) is 30.6 Å². The van der Waals surface area contributed by atoms with Crippen LogP contribution in [0.5, 0.6) is 0 Å². The van der Waals surface area contributed by atoms with Gasteiger partial charge in [-0.05, 0) is 62.6 Å². The molecule has 2 heteroatoms. The smallest absolute Gasteiger partial charge is 0.00450 e. The zero-order valence-corrected chi connectivity index (χ0v) is 11.8. The Morgan fingerprint density at radius 3 is 2.32 bits per heavy atom. The molecule has 3 rings (SSSR count). The predicted octanol–water partition coefficient (Wildman–Crippen LogP) is 2.68. The van der Waals surface area contributed by atoms with Gasteiger partial charge in [0.15, 0.2) is 0 Å². The Morgan fingerprint density at radius 1 is 1.00 bits per heavy atom. The van der Waals surface area contributed by atoms with Crippen molar-refractivity contribution in [3.8, 4) is 0 Å². The van der Waals surface area contributed by atoms with Crippen LogP contribution in [0.4, 0.5) is 0 Å². The number of nitrogens with zero attached hydrogens (tertiary/aromatic N) is 1. The SMILES string of the molecule is NC1CC(CN2CCC(Cc3ccccc3)CC2)C1. The molecule has 0 bridgehead atoms. The fraction of sp³-hybridized carbons (Fsp3) is 0.647. The molecule has 19 heavy (non-hydrogen) atoms. The summed E-state index contributed by atoms with van der Waals surface area (Å²) in [6, 6.07) is 11.5. The number of likely N-dealkylation sites (tertiary alicyclic amines) is 1. The molecule has 1 saturated carbocycles. The molecule has 0 atom stereocenters. The number of nitrogens with two attached hydrogens (primary N) is 1. The van der Waals surface area contributed by atoms with Crippen LogP contribution in [-0.2, 0) is 6.42 Å². The number of hydrogen-bond acceptors (Lipinski definition) is 2. The monoisotopic (exact) mass is 258 g/mol. The van der Waals surface area contributed by atoms with Crippen molar-refractivity contribution in [3.63, 3.8) is 0 Å². The van der Waals surface area contributed by atoms with Crippen molar-refractivity contribution in [2.45, 2.75) is 38.1 Å². The van der Waals surface area contributed by atoms with Crippen LogP contribution in [0.2, 0.25) is 0 Å². The summed E-state index contributed by atoms with van der Waals surface area (Å²) in [7, 11) is 0. The molecule has 1 aliphatic heterocycles. The van der Waals surface area contributed by atoms with Crippen LogP contribution in [0.25, 0.3) is 0 Å². The maximum atomic E-state index is 5.86. The summed E-state index contributed by atoms with van der Waals surface area (Å²) in [5.41, 5.74) is 7.37. The van der Waals surface area contributed by atoms with Crippen LogP contribution in [0.15, 0.2) is 30.3 Å². The van der Waals surface area contributed by atoms with Gasteiger partial charge >= 0.3 is 0 Å².